The lowest BCUT2D eigenvalue weighted by Crippen LogP contribution is -2.11. The molecule has 0 saturated carbocycles. The standard InChI is InChI=1S/C11H16O3S/c1-11(2,3)9-6-8(7-15(13)14)4-5-10(9)12/h4-6,12,15H,7H2,1-3H3. The predicted octanol–water partition coefficient (Wildman–Crippen LogP) is 1.80. The highest BCUT2D eigenvalue weighted by molar-refractivity contribution is 7.71. The summed E-state index contributed by atoms with van der Waals surface area (Å²) in [4.78, 5) is 0. The average Bonchev–Trinajstić information content (AvgIpc) is 2.05. The normalized spacial score (nSPS) is 12.0. The summed E-state index contributed by atoms with van der Waals surface area (Å²) in [5.41, 5.74) is 1.31. The SMILES string of the molecule is CC(C)(C)c1cc(C[SH](=O)=O)ccc1O. The van der Waals surface area contributed by atoms with Crippen molar-refractivity contribution in [1.82, 2.24) is 0 Å². The Kier molecular flexibility index (Phi) is 3.39. The van der Waals surface area contributed by atoms with E-state index in [1.165, 1.54) is 0 Å². The average molecular weight is 228 g/mol. The minimum Gasteiger partial charge on any atom is -0.508 e. The molecule has 1 aromatic rings. The first kappa shape index (κ1) is 12.0. The molecule has 0 aliphatic carbocycles. The monoisotopic (exact) mass is 228 g/mol. The highest BCUT2D eigenvalue weighted by Crippen LogP contribution is 2.31. The second-order valence-electron chi connectivity index (χ2n) is 4.59. The topological polar surface area (TPSA) is 54.4 Å². The van der Waals surface area contributed by atoms with E-state index in [9.17, 15) is 13.5 Å². The van der Waals surface area contributed by atoms with Crippen LogP contribution >= 0.6 is 0 Å². The Morgan fingerprint density at radius 3 is 2.33 bits per heavy atom. The molecule has 0 fully saturated rings. The van der Waals surface area contributed by atoms with Crippen LogP contribution in [0.25, 0.3) is 0 Å². The Morgan fingerprint density at radius 2 is 1.87 bits per heavy atom. The van der Waals surface area contributed by atoms with Crippen LogP contribution in [0.3, 0.4) is 0 Å². The van der Waals surface area contributed by atoms with Gasteiger partial charge in [0.05, 0.1) is 5.75 Å². The van der Waals surface area contributed by atoms with E-state index in [1.807, 2.05) is 20.8 Å². The maximum atomic E-state index is 10.6. The lowest BCUT2D eigenvalue weighted by atomic mass is 9.85. The highest BCUT2D eigenvalue weighted by Gasteiger charge is 2.18. The molecule has 4 heteroatoms. The van der Waals surface area contributed by atoms with Crippen LogP contribution in [0.5, 0.6) is 5.75 Å². The fourth-order valence-corrected chi connectivity index (χ4v) is 1.93. The van der Waals surface area contributed by atoms with Crippen LogP contribution in [0, 0.1) is 0 Å². The van der Waals surface area contributed by atoms with Gasteiger partial charge in [0.15, 0.2) is 0 Å². The first-order valence-electron chi connectivity index (χ1n) is 4.75. The van der Waals surface area contributed by atoms with Crippen molar-refractivity contribution in [2.45, 2.75) is 31.9 Å². The number of aromatic hydroxyl groups is 1. The summed E-state index contributed by atoms with van der Waals surface area (Å²) in [5, 5.41) is 9.65. The van der Waals surface area contributed by atoms with Gasteiger partial charge in [-0.15, -0.1) is 0 Å². The minimum atomic E-state index is -2.42. The van der Waals surface area contributed by atoms with Crippen LogP contribution in [0.1, 0.15) is 31.9 Å². The largest absolute Gasteiger partial charge is 0.508 e. The zero-order valence-corrected chi connectivity index (χ0v) is 10.0. The zero-order chi connectivity index (χ0) is 11.6. The van der Waals surface area contributed by atoms with Crippen molar-refractivity contribution in [3.8, 4) is 5.75 Å². The number of phenolic OH excluding ortho intramolecular Hbond substituents is 1. The molecule has 0 heterocycles. The van der Waals surface area contributed by atoms with E-state index in [0.717, 1.165) is 5.56 Å². The second-order valence-corrected chi connectivity index (χ2v) is 5.57. The molecule has 0 atom stereocenters. The first-order chi connectivity index (χ1) is 6.80. The van der Waals surface area contributed by atoms with Crippen molar-refractivity contribution in [3.63, 3.8) is 0 Å². The lowest BCUT2D eigenvalue weighted by Gasteiger charge is -2.20. The van der Waals surface area contributed by atoms with Gasteiger partial charge in [-0.05, 0) is 22.6 Å². The molecule has 0 spiro atoms. The molecule has 0 saturated heterocycles. The Balaban J connectivity index is 3.17. The van der Waals surface area contributed by atoms with Gasteiger partial charge < -0.3 is 5.11 Å². The third-order valence-corrected chi connectivity index (χ3v) is 2.80. The smallest absolute Gasteiger partial charge is 0.144 e. The van der Waals surface area contributed by atoms with Gasteiger partial charge in [0.2, 0.25) is 0 Å². The Hall–Kier alpha value is -1.03. The van der Waals surface area contributed by atoms with Crippen molar-refractivity contribution in [1.29, 1.82) is 0 Å². The number of hydrogen-bond acceptors (Lipinski definition) is 3. The summed E-state index contributed by atoms with van der Waals surface area (Å²) in [6.07, 6.45) is 0. The summed E-state index contributed by atoms with van der Waals surface area (Å²) in [7, 11) is -2.42. The van der Waals surface area contributed by atoms with Crippen molar-refractivity contribution in [3.05, 3.63) is 29.3 Å². The molecule has 0 bridgehead atoms. The van der Waals surface area contributed by atoms with Crippen LogP contribution in [-0.2, 0) is 21.9 Å². The van der Waals surface area contributed by atoms with Crippen molar-refractivity contribution >= 4 is 10.7 Å². The number of rotatable bonds is 2. The summed E-state index contributed by atoms with van der Waals surface area (Å²) in [6, 6.07) is 4.94. The molecule has 0 aliphatic rings. The second kappa shape index (κ2) is 4.23. The van der Waals surface area contributed by atoms with Gasteiger partial charge in [-0.3, -0.25) is 0 Å². The number of thiol groups is 1. The molecule has 15 heavy (non-hydrogen) atoms. The van der Waals surface area contributed by atoms with Gasteiger partial charge in [-0.25, -0.2) is 8.42 Å². The molecule has 1 rings (SSSR count). The molecule has 0 aromatic heterocycles. The van der Waals surface area contributed by atoms with E-state index in [-0.39, 0.29) is 16.9 Å². The third kappa shape index (κ3) is 3.23. The van der Waals surface area contributed by atoms with E-state index in [0.29, 0.717) is 5.56 Å². The maximum Gasteiger partial charge on any atom is 0.144 e. The van der Waals surface area contributed by atoms with E-state index >= 15 is 0 Å². The molecule has 1 N–H and O–H groups in total. The summed E-state index contributed by atoms with van der Waals surface area (Å²) in [6.45, 7) is 5.93. The lowest BCUT2D eigenvalue weighted by molar-refractivity contribution is 0.446. The van der Waals surface area contributed by atoms with Crippen LogP contribution in [-0.4, -0.2) is 13.5 Å². The summed E-state index contributed by atoms with van der Waals surface area (Å²) in [5.74, 6) is 0.242. The molecule has 0 unspecified atom stereocenters. The fraction of sp³-hybridized carbons (Fsp3) is 0.455. The first-order valence-corrected chi connectivity index (χ1v) is 6.11. The van der Waals surface area contributed by atoms with Gasteiger partial charge in [-0.1, -0.05) is 32.9 Å². The molecule has 1 aromatic carbocycles. The number of hydrogen-bond donors (Lipinski definition) is 2. The van der Waals surface area contributed by atoms with Crippen molar-refractivity contribution in [2.75, 3.05) is 0 Å². The minimum absolute atomic E-state index is 0.0265. The van der Waals surface area contributed by atoms with Gasteiger partial charge in [0.1, 0.15) is 16.5 Å². The molecular weight excluding hydrogens is 212 g/mol. The van der Waals surface area contributed by atoms with Crippen molar-refractivity contribution in [2.24, 2.45) is 0 Å². The molecule has 0 radical (unpaired) electrons. The van der Waals surface area contributed by atoms with Crippen LogP contribution < -0.4 is 0 Å². The van der Waals surface area contributed by atoms with Crippen LogP contribution in [0.4, 0.5) is 0 Å². The molecule has 0 amide bonds. The van der Waals surface area contributed by atoms with Crippen molar-refractivity contribution < 1.29 is 13.5 Å². The van der Waals surface area contributed by atoms with E-state index in [4.69, 9.17) is 0 Å². The summed E-state index contributed by atoms with van der Waals surface area (Å²) < 4.78 is 21.2. The quantitative estimate of drug-likeness (QED) is 0.759. The van der Waals surface area contributed by atoms with Gasteiger partial charge >= 0.3 is 0 Å². The highest BCUT2D eigenvalue weighted by atomic mass is 32.2. The zero-order valence-electron chi connectivity index (χ0n) is 9.15. The molecule has 0 aliphatic heterocycles. The maximum absolute atomic E-state index is 10.6. The van der Waals surface area contributed by atoms with Gasteiger partial charge in [0, 0.05) is 0 Å². The summed E-state index contributed by atoms with van der Waals surface area (Å²) >= 11 is 0. The van der Waals surface area contributed by atoms with Crippen LogP contribution in [0.2, 0.25) is 0 Å². The number of phenols is 1. The van der Waals surface area contributed by atoms with Gasteiger partial charge in [0.25, 0.3) is 0 Å². The third-order valence-electron chi connectivity index (χ3n) is 2.18. The van der Waals surface area contributed by atoms with E-state index in [1.54, 1.807) is 18.2 Å². The predicted molar refractivity (Wildman–Crippen MR) is 60.8 cm³/mol. The Labute approximate surface area is 91.7 Å². The van der Waals surface area contributed by atoms with E-state index < -0.39 is 10.7 Å². The Morgan fingerprint density at radius 1 is 1.27 bits per heavy atom. The molecule has 84 valence electrons. The number of benzene rings is 1. The fourth-order valence-electron chi connectivity index (χ4n) is 1.43. The molecule has 3 nitrogen and oxygen atoms in total. The Bertz CT molecular complexity index is 420. The van der Waals surface area contributed by atoms with Crippen LogP contribution in [0.15, 0.2) is 18.2 Å². The van der Waals surface area contributed by atoms with E-state index in [2.05, 4.69) is 0 Å². The molecular formula is C11H16O3S. The van der Waals surface area contributed by atoms with Gasteiger partial charge in [-0.2, -0.15) is 0 Å².